The summed E-state index contributed by atoms with van der Waals surface area (Å²) in [6, 6.07) is -2.29. The Hall–Kier alpha value is -4.10. The number of rotatable bonds is 29. The van der Waals surface area contributed by atoms with Gasteiger partial charge in [-0.05, 0) is 38.5 Å². The molecule has 6 amide bonds. The molecule has 0 radical (unpaired) electrons. The van der Waals surface area contributed by atoms with Crippen LogP contribution in [0.1, 0.15) is 119 Å². The lowest BCUT2D eigenvalue weighted by molar-refractivity contribution is -0.139. The molecule has 0 aromatic carbocycles. The van der Waals surface area contributed by atoms with Gasteiger partial charge in [0.15, 0.2) is 0 Å². The molecule has 0 aromatic rings. The van der Waals surface area contributed by atoms with Crippen LogP contribution in [0.4, 0.5) is 9.59 Å². The van der Waals surface area contributed by atoms with Gasteiger partial charge in [0.2, 0.25) is 11.8 Å². The van der Waals surface area contributed by atoms with E-state index in [4.69, 9.17) is 9.47 Å². The first-order chi connectivity index (χ1) is 24.7. The highest BCUT2D eigenvalue weighted by Gasteiger charge is 2.26. The first-order valence-corrected chi connectivity index (χ1v) is 19.0. The second kappa shape index (κ2) is 29.5. The van der Waals surface area contributed by atoms with Gasteiger partial charge in [0.25, 0.3) is 0 Å². The van der Waals surface area contributed by atoms with Gasteiger partial charge in [-0.15, -0.1) is 0 Å². The molecule has 0 fully saturated rings. The predicted molar refractivity (Wildman–Crippen MR) is 203 cm³/mol. The summed E-state index contributed by atoms with van der Waals surface area (Å²) in [5.41, 5.74) is 0.573. The van der Waals surface area contributed by atoms with Gasteiger partial charge in [-0.25, -0.2) is 19.2 Å². The van der Waals surface area contributed by atoms with Crippen molar-refractivity contribution in [2.45, 2.75) is 131 Å². The van der Waals surface area contributed by atoms with E-state index in [1.165, 1.54) is 0 Å². The highest BCUT2D eigenvalue weighted by atomic mass is 16.5. The van der Waals surface area contributed by atoms with Gasteiger partial charge in [-0.3, -0.25) is 9.59 Å². The average molecular weight is 737 g/mol. The second-order valence-electron chi connectivity index (χ2n) is 13.5. The van der Waals surface area contributed by atoms with Crippen molar-refractivity contribution in [2.24, 2.45) is 11.8 Å². The third-order valence-corrected chi connectivity index (χ3v) is 8.70. The molecule has 6 N–H and O–H groups in total. The number of ether oxygens (including phenoxy) is 2. The van der Waals surface area contributed by atoms with E-state index >= 15 is 0 Å². The fourth-order valence-electron chi connectivity index (χ4n) is 4.96. The van der Waals surface area contributed by atoms with Crippen LogP contribution >= 0.6 is 0 Å². The van der Waals surface area contributed by atoms with Gasteiger partial charge in [-0.2, -0.15) is 0 Å². The Balaban J connectivity index is 4.07. The highest BCUT2D eigenvalue weighted by molar-refractivity contribution is 5.89. The van der Waals surface area contributed by atoms with Gasteiger partial charge in [0, 0.05) is 24.2 Å². The lowest BCUT2D eigenvalue weighted by atomic mass is 9.98. The first kappa shape index (κ1) is 47.9. The van der Waals surface area contributed by atoms with Crippen LogP contribution in [0.2, 0.25) is 0 Å². The zero-order chi connectivity index (χ0) is 39.3. The van der Waals surface area contributed by atoms with Gasteiger partial charge in [0.1, 0.15) is 25.3 Å². The Morgan fingerprint density at radius 1 is 0.500 bits per heavy atom. The first-order valence-electron chi connectivity index (χ1n) is 19.0. The van der Waals surface area contributed by atoms with Crippen LogP contribution in [-0.2, 0) is 28.7 Å². The van der Waals surface area contributed by atoms with Crippen molar-refractivity contribution in [3.05, 3.63) is 24.3 Å². The summed E-state index contributed by atoms with van der Waals surface area (Å²) in [6.07, 6.45) is 12.0. The molecule has 14 nitrogen and oxygen atoms in total. The predicted octanol–water partition coefficient (Wildman–Crippen LogP) is 4.79. The van der Waals surface area contributed by atoms with E-state index in [0.29, 0.717) is 13.1 Å². The van der Waals surface area contributed by atoms with Crippen LogP contribution in [0.25, 0.3) is 0 Å². The maximum absolute atomic E-state index is 12.8. The molecular formula is C38H68N6O8. The molecule has 0 heterocycles. The minimum Gasteiger partial charge on any atom is -0.460 e. The lowest BCUT2D eigenvalue weighted by Gasteiger charge is -2.23. The molecule has 0 aliphatic carbocycles. The number of amides is 6. The van der Waals surface area contributed by atoms with Crippen molar-refractivity contribution >= 4 is 35.8 Å². The fraction of sp³-hybridized carbons (Fsp3) is 0.737. The Kier molecular flexibility index (Phi) is 27.2. The number of nitrogens with one attached hydrogen (secondary N) is 6. The van der Waals surface area contributed by atoms with Crippen LogP contribution in [-0.4, -0.2) is 87.3 Å². The Bertz CT molecular complexity index is 1040. The third-order valence-electron chi connectivity index (χ3n) is 8.70. The zero-order valence-corrected chi connectivity index (χ0v) is 32.7. The molecule has 0 aliphatic heterocycles. The van der Waals surface area contributed by atoms with Crippen LogP contribution in [0.3, 0.4) is 0 Å². The molecule has 0 rings (SSSR count). The van der Waals surface area contributed by atoms with Crippen molar-refractivity contribution in [1.82, 2.24) is 31.9 Å². The molecule has 0 spiro atoms. The summed E-state index contributed by atoms with van der Waals surface area (Å²) in [7, 11) is 0. The summed E-state index contributed by atoms with van der Waals surface area (Å²) < 4.78 is 9.92. The summed E-state index contributed by atoms with van der Waals surface area (Å²) in [5, 5.41) is 16.6. The molecule has 0 saturated heterocycles. The number of carbonyl (C=O) groups excluding carboxylic acids is 6. The van der Waals surface area contributed by atoms with E-state index in [9.17, 15) is 28.8 Å². The molecule has 4 atom stereocenters. The number of esters is 2. The van der Waals surface area contributed by atoms with Gasteiger partial charge in [-0.1, -0.05) is 105 Å². The summed E-state index contributed by atoms with van der Waals surface area (Å²) in [4.78, 5) is 73.1. The fourth-order valence-corrected chi connectivity index (χ4v) is 4.96. The van der Waals surface area contributed by atoms with E-state index in [1.54, 1.807) is 13.8 Å². The van der Waals surface area contributed by atoms with Crippen molar-refractivity contribution in [3.63, 3.8) is 0 Å². The Morgan fingerprint density at radius 3 is 1.10 bits per heavy atom. The van der Waals surface area contributed by atoms with Gasteiger partial charge < -0.3 is 41.4 Å². The topological polar surface area (TPSA) is 193 Å². The van der Waals surface area contributed by atoms with Crippen molar-refractivity contribution in [1.29, 1.82) is 0 Å². The Labute approximate surface area is 311 Å². The lowest BCUT2D eigenvalue weighted by Crippen LogP contribution is -2.53. The summed E-state index contributed by atoms with van der Waals surface area (Å²) in [5.74, 6) is -1.53. The van der Waals surface area contributed by atoms with E-state index in [2.05, 4.69) is 45.1 Å². The maximum atomic E-state index is 12.8. The minimum absolute atomic E-state index is 0.0189. The number of unbranched alkanes of at least 4 members (excludes halogenated alkanes) is 9. The van der Waals surface area contributed by atoms with E-state index in [1.807, 2.05) is 27.7 Å². The van der Waals surface area contributed by atoms with Crippen LogP contribution in [0, 0.1) is 11.8 Å². The highest BCUT2D eigenvalue weighted by Crippen LogP contribution is 2.12. The van der Waals surface area contributed by atoms with E-state index < -0.39 is 36.1 Å². The number of urea groups is 2. The van der Waals surface area contributed by atoms with Crippen LogP contribution in [0.5, 0.6) is 0 Å². The molecule has 0 aliphatic rings. The number of carbonyl (C=O) groups is 6. The third kappa shape index (κ3) is 23.4. The second-order valence-corrected chi connectivity index (χ2v) is 13.5. The molecule has 0 bridgehead atoms. The number of hydrogen-bond acceptors (Lipinski definition) is 8. The van der Waals surface area contributed by atoms with Crippen molar-refractivity contribution < 1.29 is 38.2 Å². The number of hydrogen-bond donors (Lipinski definition) is 6. The Morgan fingerprint density at radius 2 is 0.808 bits per heavy atom. The largest absolute Gasteiger partial charge is 0.460 e. The van der Waals surface area contributed by atoms with Gasteiger partial charge >= 0.3 is 24.0 Å². The zero-order valence-electron chi connectivity index (χ0n) is 32.7. The average Bonchev–Trinajstić information content (AvgIpc) is 3.11. The summed E-state index contributed by atoms with van der Waals surface area (Å²) >= 11 is 0. The molecule has 298 valence electrons. The monoisotopic (exact) mass is 737 g/mol. The van der Waals surface area contributed by atoms with Crippen molar-refractivity contribution in [3.8, 4) is 0 Å². The molecule has 14 heteroatoms. The molecule has 0 saturated carbocycles. The van der Waals surface area contributed by atoms with Crippen LogP contribution < -0.4 is 31.9 Å². The van der Waals surface area contributed by atoms with Gasteiger partial charge in [0.05, 0.1) is 13.1 Å². The molecule has 52 heavy (non-hydrogen) atoms. The molecule has 0 aromatic heterocycles. The van der Waals surface area contributed by atoms with E-state index in [-0.39, 0.29) is 61.1 Å². The standard InChI is InChI=1S/C38H68N6O8/c1-9-29(7)31(43-37(49)41-23-25-51-35(47)27(3)4)33(45)39-21-19-17-15-13-11-12-14-16-18-20-22-40-34(46)32(30(8)10-2)44-38(50)42-24-26-52-36(48)28(5)6/h29-32H,3,5,9-26H2,1-2,4,6-8H3,(H,39,45)(H,40,46)(H2,41,43,49)(H2,42,44,50)/t29-,30-,31-,32-/m0/s1. The summed E-state index contributed by atoms with van der Waals surface area (Å²) in [6.45, 7) is 19.3. The quantitative estimate of drug-likeness (QED) is 0.0359. The molecular weight excluding hydrogens is 668 g/mol. The normalized spacial score (nSPS) is 13.0. The SMILES string of the molecule is C=C(C)C(=O)OCCNC(=O)N[C@H](C(=O)NCCCCCCCCCCCCNC(=O)[C@@H](NC(=O)NCCOC(=O)C(=C)C)[C@@H](C)CC)[C@@H](C)CC. The maximum Gasteiger partial charge on any atom is 0.333 e. The molecule has 0 unspecified atom stereocenters. The smallest absolute Gasteiger partial charge is 0.333 e. The van der Waals surface area contributed by atoms with E-state index in [0.717, 1.165) is 77.0 Å². The minimum atomic E-state index is -0.657. The van der Waals surface area contributed by atoms with Crippen molar-refractivity contribution in [2.75, 3.05) is 39.4 Å². The van der Waals surface area contributed by atoms with Crippen LogP contribution in [0.15, 0.2) is 24.3 Å².